The Labute approximate surface area is 119 Å². The molecule has 0 bridgehead atoms. The molecule has 0 spiro atoms. The molecule has 0 saturated heterocycles. The molecule has 3 nitrogen and oxygen atoms in total. The molecule has 0 aliphatic heterocycles. The average Bonchev–Trinajstić information content (AvgIpc) is 2.65. The smallest absolute Gasteiger partial charge is 0.267 e. The molecule has 0 radical (unpaired) electrons. The summed E-state index contributed by atoms with van der Waals surface area (Å²) in [5, 5.41) is 5.36. The maximum atomic E-state index is 12.1. The summed E-state index contributed by atoms with van der Waals surface area (Å²) in [6, 6.07) is 5.05. The molecular weight excluding hydrogens is 291 g/mol. The summed E-state index contributed by atoms with van der Waals surface area (Å²) >= 11 is 13.3. The van der Waals surface area contributed by atoms with Gasteiger partial charge in [-0.1, -0.05) is 29.3 Å². The van der Waals surface area contributed by atoms with Crippen LogP contribution in [0.2, 0.25) is 10.0 Å². The summed E-state index contributed by atoms with van der Waals surface area (Å²) in [5.74, 6) is -0.307. The number of thiophene rings is 1. The Morgan fingerprint density at radius 1 is 1.39 bits per heavy atom. The van der Waals surface area contributed by atoms with Gasteiger partial charge < -0.3 is 11.1 Å². The highest BCUT2D eigenvalue weighted by Crippen LogP contribution is 2.31. The van der Waals surface area contributed by atoms with Gasteiger partial charge in [-0.3, -0.25) is 4.79 Å². The molecular formula is C12H10Cl2N2OS. The fraction of sp³-hybridized carbons (Fsp3) is 0.0833. The molecule has 0 saturated carbocycles. The first kappa shape index (κ1) is 13.2. The van der Waals surface area contributed by atoms with Gasteiger partial charge >= 0.3 is 0 Å². The molecule has 1 heterocycles. The van der Waals surface area contributed by atoms with Gasteiger partial charge in [0.1, 0.15) is 4.88 Å². The molecule has 0 aliphatic carbocycles. The van der Waals surface area contributed by atoms with Crippen LogP contribution in [0.4, 0.5) is 11.4 Å². The minimum absolute atomic E-state index is 0.307. The van der Waals surface area contributed by atoms with E-state index < -0.39 is 0 Å². The number of nitrogens with two attached hydrogens (primary N) is 1. The number of carbonyl (C=O) groups excluding carboxylic acids is 1. The number of hydrogen-bond acceptors (Lipinski definition) is 3. The van der Waals surface area contributed by atoms with E-state index in [1.807, 2.05) is 12.3 Å². The molecule has 0 fully saturated rings. The zero-order valence-electron chi connectivity index (χ0n) is 9.46. The van der Waals surface area contributed by atoms with Gasteiger partial charge in [-0.2, -0.15) is 0 Å². The minimum atomic E-state index is -0.307. The van der Waals surface area contributed by atoms with Crippen molar-refractivity contribution in [3.05, 3.63) is 44.1 Å². The first-order chi connectivity index (χ1) is 8.50. The van der Waals surface area contributed by atoms with E-state index in [1.165, 1.54) is 11.3 Å². The van der Waals surface area contributed by atoms with Crippen molar-refractivity contribution in [1.29, 1.82) is 0 Å². The van der Waals surface area contributed by atoms with Crippen molar-refractivity contribution < 1.29 is 4.79 Å². The number of para-hydroxylation sites is 1. The maximum Gasteiger partial charge on any atom is 0.267 e. The highest BCUT2D eigenvalue weighted by Gasteiger charge is 2.16. The topological polar surface area (TPSA) is 55.1 Å². The van der Waals surface area contributed by atoms with Crippen molar-refractivity contribution in [1.82, 2.24) is 0 Å². The molecule has 1 amide bonds. The van der Waals surface area contributed by atoms with Crippen molar-refractivity contribution in [3.8, 4) is 0 Å². The number of hydrogen-bond donors (Lipinski definition) is 2. The van der Waals surface area contributed by atoms with Gasteiger partial charge in [0.25, 0.3) is 5.91 Å². The van der Waals surface area contributed by atoms with Crippen LogP contribution in [0.1, 0.15) is 15.2 Å². The number of carbonyl (C=O) groups is 1. The zero-order chi connectivity index (χ0) is 13.3. The number of nitrogens with one attached hydrogen (secondary N) is 1. The number of anilines is 2. The van der Waals surface area contributed by atoms with E-state index in [1.54, 1.807) is 18.2 Å². The van der Waals surface area contributed by atoms with E-state index in [4.69, 9.17) is 28.9 Å². The number of rotatable bonds is 2. The first-order valence-corrected chi connectivity index (χ1v) is 6.73. The normalized spacial score (nSPS) is 10.4. The van der Waals surface area contributed by atoms with Gasteiger partial charge in [0.05, 0.1) is 21.4 Å². The van der Waals surface area contributed by atoms with E-state index in [-0.39, 0.29) is 5.91 Å². The predicted octanol–water partition coefficient (Wildman–Crippen LogP) is 4.20. The third kappa shape index (κ3) is 2.46. The summed E-state index contributed by atoms with van der Waals surface area (Å²) in [7, 11) is 0. The fourth-order valence-electron chi connectivity index (χ4n) is 1.43. The van der Waals surface area contributed by atoms with Crippen LogP contribution in [0, 0.1) is 6.92 Å². The molecule has 2 rings (SSSR count). The van der Waals surface area contributed by atoms with Gasteiger partial charge in [0.2, 0.25) is 0 Å². The predicted molar refractivity (Wildman–Crippen MR) is 77.9 cm³/mol. The number of halogens is 2. The van der Waals surface area contributed by atoms with Crippen molar-refractivity contribution in [2.45, 2.75) is 6.92 Å². The standard InChI is InChI=1S/C12H10Cl2N2OS/c1-6-5-18-11(9(6)14)12(17)16-10-7(13)3-2-4-8(10)15/h2-5H,15H2,1H3,(H,16,17). The van der Waals surface area contributed by atoms with E-state index in [0.717, 1.165) is 5.56 Å². The van der Waals surface area contributed by atoms with Crippen LogP contribution in [0.3, 0.4) is 0 Å². The first-order valence-electron chi connectivity index (χ1n) is 5.09. The Hall–Kier alpha value is -1.23. The SMILES string of the molecule is Cc1csc(C(=O)Nc2c(N)cccc2Cl)c1Cl. The van der Waals surface area contributed by atoms with E-state index in [0.29, 0.717) is 26.3 Å². The Morgan fingerprint density at radius 2 is 2.11 bits per heavy atom. The lowest BCUT2D eigenvalue weighted by Crippen LogP contribution is -2.12. The molecule has 3 N–H and O–H groups in total. The molecule has 6 heteroatoms. The lowest BCUT2D eigenvalue weighted by molar-refractivity contribution is 0.103. The van der Waals surface area contributed by atoms with Gasteiger partial charge in [0.15, 0.2) is 0 Å². The molecule has 0 aliphatic rings. The van der Waals surface area contributed by atoms with Crippen LogP contribution in [0.25, 0.3) is 0 Å². The van der Waals surface area contributed by atoms with Crippen molar-refractivity contribution in [2.24, 2.45) is 0 Å². The van der Waals surface area contributed by atoms with Gasteiger partial charge in [-0.25, -0.2) is 0 Å². The van der Waals surface area contributed by atoms with E-state index in [2.05, 4.69) is 5.32 Å². The third-order valence-corrected chi connectivity index (χ3v) is 4.40. The zero-order valence-corrected chi connectivity index (χ0v) is 11.8. The highest BCUT2D eigenvalue weighted by atomic mass is 35.5. The monoisotopic (exact) mass is 300 g/mol. The van der Waals surface area contributed by atoms with Crippen LogP contribution >= 0.6 is 34.5 Å². The lowest BCUT2D eigenvalue weighted by Gasteiger charge is -2.09. The van der Waals surface area contributed by atoms with Crippen molar-refractivity contribution >= 4 is 51.8 Å². The summed E-state index contributed by atoms with van der Waals surface area (Å²) in [6.07, 6.45) is 0. The van der Waals surface area contributed by atoms with Crippen LogP contribution in [0.15, 0.2) is 23.6 Å². The summed E-state index contributed by atoms with van der Waals surface area (Å²) in [4.78, 5) is 12.5. The van der Waals surface area contributed by atoms with Crippen LogP contribution in [-0.2, 0) is 0 Å². The second kappa shape index (κ2) is 5.18. The lowest BCUT2D eigenvalue weighted by atomic mass is 10.2. The van der Waals surface area contributed by atoms with Crippen molar-refractivity contribution in [2.75, 3.05) is 11.1 Å². The number of benzene rings is 1. The molecule has 0 atom stereocenters. The molecule has 2 aromatic rings. The Kier molecular flexibility index (Phi) is 3.80. The number of amides is 1. The van der Waals surface area contributed by atoms with Crippen molar-refractivity contribution in [3.63, 3.8) is 0 Å². The highest BCUT2D eigenvalue weighted by molar-refractivity contribution is 7.13. The fourth-order valence-corrected chi connectivity index (χ4v) is 2.83. The van der Waals surface area contributed by atoms with Crippen LogP contribution < -0.4 is 11.1 Å². The number of aryl methyl sites for hydroxylation is 1. The summed E-state index contributed by atoms with van der Waals surface area (Å²) < 4.78 is 0. The molecule has 1 aromatic carbocycles. The average molecular weight is 301 g/mol. The summed E-state index contributed by atoms with van der Waals surface area (Å²) in [6.45, 7) is 1.85. The Morgan fingerprint density at radius 3 is 2.67 bits per heavy atom. The van der Waals surface area contributed by atoms with Crippen LogP contribution in [-0.4, -0.2) is 5.91 Å². The van der Waals surface area contributed by atoms with E-state index in [9.17, 15) is 4.79 Å². The molecule has 94 valence electrons. The Bertz CT molecular complexity index is 590. The molecule has 18 heavy (non-hydrogen) atoms. The maximum absolute atomic E-state index is 12.1. The summed E-state index contributed by atoms with van der Waals surface area (Å²) in [5.41, 5.74) is 7.46. The second-order valence-electron chi connectivity index (χ2n) is 3.72. The quantitative estimate of drug-likeness (QED) is 0.817. The third-order valence-electron chi connectivity index (χ3n) is 2.39. The largest absolute Gasteiger partial charge is 0.397 e. The van der Waals surface area contributed by atoms with Crippen LogP contribution in [0.5, 0.6) is 0 Å². The molecule has 0 unspecified atom stereocenters. The van der Waals surface area contributed by atoms with Gasteiger partial charge in [-0.05, 0) is 30.0 Å². The second-order valence-corrected chi connectivity index (χ2v) is 5.38. The van der Waals surface area contributed by atoms with E-state index >= 15 is 0 Å². The number of nitrogen functional groups attached to an aromatic ring is 1. The van der Waals surface area contributed by atoms with Gasteiger partial charge in [-0.15, -0.1) is 11.3 Å². The minimum Gasteiger partial charge on any atom is -0.397 e. The Balaban J connectivity index is 2.30. The molecule has 1 aromatic heterocycles. The van der Waals surface area contributed by atoms with Gasteiger partial charge in [0, 0.05) is 0 Å².